The Balaban J connectivity index is 2.82. The lowest BCUT2D eigenvalue weighted by Crippen LogP contribution is -2.30. The summed E-state index contributed by atoms with van der Waals surface area (Å²) in [6, 6.07) is 2.59. The Morgan fingerprint density at radius 3 is 2.56 bits per heavy atom. The van der Waals surface area contributed by atoms with Gasteiger partial charge < -0.3 is 10.1 Å². The highest BCUT2D eigenvalue weighted by Crippen LogP contribution is 2.32. The third-order valence-corrected chi connectivity index (χ3v) is 2.43. The molecule has 0 aliphatic heterocycles. The molecule has 2 nitrogen and oxygen atoms in total. The van der Waals surface area contributed by atoms with Crippen LogP contribution in [0.3, 0.4) is 0 Å². The van der Waals surface area contributed by atoms with Gasteiger partial charge in [-0.1, -0.05) is 6.07 Å². The third kappa shape index (κ3) is 4.27. The van der Waals surface area contributed by atoms with E-state index in [1.54, 1.807) is 6.92 Å². The first-order valence-corrected chi connectivity index (χ1v) is 5.42. The zero-order valence-corrected chi connectivity index (χ0v) is 10.1. The lowest BCUT2D eigenvalue weighted by molar-refractivity contribution is -0.138. The Bertz CT molecular complexity index is 392. The van der Waals surface area contributed by atoms with Gasteiger partial charge in [0.25, 0.3) is 0 Å². The highest BCUT2D eigenvalue weighted by molar-refractivity contribution is 5.30. The molecular weight excluding hydrogens is 250 g/mol. The van der Waals surface area contributed by atoms with Crippen LogP contribution in [0, 0.1) is 5.82 Å². The molecule has 1 atom stereocenters. The molecule has 0 aliphatic carbocycles. The van der Waals surface area contributed by atoms with Crippen molar-refractivity contribution >= 4 is 0 Å². The number of nitrogens with one attached hydrogen (secondary N) is 1. The minimum absolute atomic E-state index is 0.0135. The molecule has 0 spiro atoms. The number of hydrogen-bond acceptors (Lipinski definition) is 2. The smallest absolute Gasteiger partial charge is 0.383 e. The topological polar surface area (TPSA) is 21.3 Å². The predicted octanol–water partition coefficient (Wildman–Crippen LogP) is 2.97. The van der Waals surface area contributed by atoms with Crippen molar-refractivity contribution in [2.75, 3.05) is 13.7 Å². The number of benzene rings is 1. The second kappa shape index (κ2) is 6.15. The van der Waals surface area contributed by atoms with E-state index < -0.39 is 17.6 Å². The molecule has 0 aromatic heterocycles. The van der Waals surface area contributed by atoms with Crippen LogP contribution in [0.1, 0.15) is 18.1 Å². The van der Waals surface area contributed by atoms with E-state index >= 15 is 0 Å². The highest BCUT2D eigenvalue weighted by atomic mass is 19.4. The summed E-state index contributed by atoms with van der Waals surface area (Å²) >= 11 is 0. The molecule has 0 aliphatic rings. The number of hydrogen-bond donors (Lipinski definition) is 1. The Labute approximate surface area is 103 Å². The van der Waals surface area contributed by atoms with Crippen molar-refractivity contribution in [3.63, 3.8) is 0 Å². The van der Waals surface area contributed by atoms with Gasteiger partial charge in [0.05, 0.1) is 12.2 Å². The molecule has 1 aromatic carbocycles. The molecule has 0 fully saturated rings. The minimum atomic E-state index is -4.55. The SMILES string of the molecule is COCC(C)NCc1ccc(F)cc1C(F)(F)F. The average Bonchev–Trinajstić information content (AvgIpc) is 2.26. The molecule has 0 saturated carbocycles. The van der Waals surface area contributed by atoms with Gasteiger partial charge in [-0.3, -0.25) is 0 Å². The van der Waals surface area contributed by atoms with Gasteiger partial charge in [-0.05, 0) is 24.6 Å². The van der Waals surface area contributed by atoms with E-state index in [1.807, 2.05) is 0 Å². The average molecular weight is 265 g/mol. The molecule has 0 radical (unpaired) electrons. The number of ether oxygens (including phenoxy) is 1. The van der Waals surface area contributed by atoms with E-state index in [0.717, 1.165) is 12.1 Å². The quantitative estimate of drug-likeness (QED) is 0.826. The number of halogens is 4. The highest BCUT2D eigenvalue weighted by Gasteiger charge is 2.33. The van der Waals surface area contributed by atoms with E-state index in [2.05, 4.69) is 5.32 Å². The Kier molecular flexibility index (Phi) is 5.10. The molecule has 6 heteroatoms. The maximum absolute atomic E-state index is 12.9. The zero-order valence-electron chi connectivity index (χ0n) is 10.1. The zero-order chi connectivity index (χ0) is 13.8. The molecule has 1 aromatic rings. The van der Waals surface area contributed by atoms with Crippen molar-refractivity contribution < 1.29 is 22.3 Å². The van der Waals surface area contributed by atoms with Gasteiger partial charge in [0, 0.05) is 19.7 Å². The van der Waals surface area contributed by atoms with E-state index in [4.69, 9.17) is 4.74 Å². The van der Waals surface area contributed by atoms with E-state index in [0.29, 0.717) is 12.7 Å². The molecular formula is C12H15F4NO. The first kappa shape index (κ1) is 14.9. The number of alkyl halides is 3. The van der Waals surface area contributed by atoms with Crippen LogP contribution < -0.4 is 5.32 Å². The molecule has 0 bridgehead atoms. The van der Waals surface area contributed by atoms with Crippen LogP contribution in [-0.2, 0) is 17.5 Å². The van der Waals surface area contributed by atoms with Crippen LogP contribution >= 0.6 is 0 Å². The summed E-state index contributed by atoms with van der Waals surface area (Å²) in [7, 11) is 1.51. The van der Waals surface area contributed by atoms with Crippen LogP contribution in [0.2, 0.25) is 0 Å². The fourth-order valence-corrected chi connectivity index (χ4v) is 1.56. The van der Waals surface area contributed by atoms with Crippen molar-refractivity contribution in [1.82, 2.24) is 5.32 Å². The summed E-state index contributed by atoms with van der Waals surface area (Å²) in [6.45, 7) is 2.20. The summed E-state index contributed by atoms with van der Waals surface area (Å²) in [6.07, 6.45) is -4.55. The Morgan fingerprint density at radius 1 is 1.33 bits per heavy atom. The third-order valence-electron chi connectivity index (χ3n) is 2.43. The summed E-state index contributed by atoms with van der Waals surface area (Å²) in [5.74, 6) is -0.893. The molecule has 0 saturated heterocycles. The van der Waals surface area contributed by atoms with Gasteiger partial charge in [0.15, 0.2) is 0 Å². The summed E-state index contributed by atoms with van der Waals surface area (Å²) in [5.41, 5.74) is -0.925. The van der Waals surface area contributed by atoms with Crippen LogP contribution in [0.4, 0.5) is 17.6 Å². The summed E-state index contributed by atoms with van der Waals surface area (Å²) in [4.78, 5) is 0. The second-order valence-corrected chi connectivity index (χ2v) is 4.04. The number of rotatable bonds is 5. The van der Waals surface area contributed by atoms with Gasteiger partial charge in [0.2, 0.25) is 0 Å². The van der Waals surface area contributed by atoms with Gasteiger partial charge in [-0.2, -0.15) is 13.2 Å². The van der Waals surface area contributed by atoms with Crippen molar-refractivity contribution in [2.45, 2.75) is 25.7 Å². The first-order chi connectivity index (χ1) is 8.34. The van der Waals surface area contributed by atoms with Crippen molar-refractivity contribution in [2.24, 2.45) is 0 Å². The van der Waals surface area contributed by atoms with E-state index in [-0.39, 0.29) is 18.2 Å². The normalized spacial score (nSPS) is 13.7. The fourth-order valence-electron chi connectivity index (χ4n) is 1.56. The fraction of sp³-hybridized carbons (Fsp3) is 0.500. The molecule has 1 N–H and O–H groups in total. The maximum Gasteiger partial charge on any atom is 0.416 e. The summed E-state index contributed by atoms with van der Waals surface area (Å²) in [5, 5.41) is 2.88. The van der Waals surface area contributed by atoms with Crippen LogP contribution in [0.5, 0.6) is 0 Å². The molecule has 0 amide bonds. The Hall–Kier alpha value is -1.14. The molecule has 1 unspecified atom stereocenters. The lowest BCUT2D eigenvalue weighted by Gasteiger charge is -2.16. The minimum Gasteiger partial charge on any atom is -0.383 e. The molecule has 1 rings (SSSR count). The predicted molar refractivity (Wildman–Crippen MR) is 59.6 cm³/mol. The van der Waals surface area contributed by atoms with Gasteiger partial charge in [-0.25, -0.2) is 4.39 Å². The summed E-state index contributed by atoms with van der Waals surface area (Å²) < 4.78 is 55.8. The van der Waals surface area contributed by atoms with Crippen LogP contribution in [-0.4, -0.2) is 19.8 Å². The van der Waals surface area contributed by atoms with Gasteiger partial charge >= 0.3 is 6.18 Å². The maximum atomic E-state index is 12.9. The van der Waals surface area contributed by atoms with Crippen molar-refractivity contribution in [3.8, 4) is 0 Å². The van der Waals surface area contributed by atoms with Crippen molar-refractivity contribution in [1.29, 1.82) is 0 Å². The number of methoxy groups -OCH3 is 1. The van der Waals surface area contributed by atoms with E-state index in [9.17, 15) is 17.6 Å². The monoisotopic (exact) mass is 265 g/mol. The molecule has 102 valence electrons. The molecule has 18 heavy (non-hydrogen) atoms. The lowest BCUT2D eigenvalue weighted by atomic mass is 10.1. The van der Waals surface area contributed by atoms with Gasteiger partial charge in [-0.15, -0.1) is 0 Å². The standard InChI is InChI=1S/C12H15F4NO/c1-8(7-18-2)17-6-9-3-4-10(13)5-11(9)12(14,15)16/h3-5,8,17H,6-7H2,1-2H3. The molecule has 0 heterocycles. The largest absolute Gasteiger partial charge is 0.416 e. The van der Waals surface area contributed by atoms with E-state index in [1.165, 1.54) is 7.11 Å². The van der Waals surface area contributed by atoms with Crippen LogP contribution in [0.25, 0.3) is 0 Å². The van der Waals surface area contributed by atoms with Gasteiger partial charge in [0.1, 0.15) is 5.82 Å². The second-order valence-electron chi connectivity index (χ2n) is 4.04. The first-order valence-electron chi connectivity index (χ1n) is 5.42. The van der Waals surface area contributed by atoms with Crippen molar-refractivity contribution in [3.05, 3.63) is 35.1 Å². The van der Waals surface area contributed by atoms with Crippen LogP contribution in [0.15, 0.2) is 18.2 Å². The Morgan fingerprint density at radius 2 is 2.00 bits per heavy atom.